The van der Waals surface area contributed by atoms with Crippen LogP contribution in [0.15, 0.2) is 58.5 Å². The molecular weight excluding hydrogens is 254 g/mol. The highest BCUT2D eigenvalue weighted by Gasteiger charge is 2.04. The van der Waals surface area contributed by atoms with Gasteiger partial charge in [-0.25, -0.2) is 0 Å². The molecule has 0 bridgehead atoms. The zero-order valence-corrected chi connectivity index (χ0v) is 11.9. The number of aromatic nitrogens is 1. The van der Waals surface area contributed by atoms with Crippen LogP contribution in [-0.4, -0.2) is 10.1 Å². The summed E-state index contributed by atoms with van der Waals surface area (Å²) in [6.07, 6.45) is 9.20. The Labute approximate surface area is 117 Å². The van der Waals surface area contributed by atoms with Crippen LogP contribution in [-0.2, 0) is 0 Å². The molecule has 0 aliphatic heterocycles. The molecule has 0 spiro atoms. The SMILES string of the molecule is C/C=C(\C=C/CC)Sc1ccnc2cc(O)ccc12. The number of phenols is 1. The van der Waals surface area contributed by atoms with Crippen molar-refractivity contribution in [2.24, 2.45) is 0 Å². The summed E-state index contributed by atoms with van der Waals surface area (Å²) in [6, 6.07) is 7.31. The van der Waals surface area contributed by atoms with E-state index in [-0.39, 0.29) is 5.75 Å². The molecule has 0 saturated heterocycles. The van der Waals surface area contributed by atoms with E-state index in [0.717, 1.165) is 22.2 Å². The van der Waals surface area contributed by atoms with Crippen molar-refractivity contribution in [1.29, 1.82) is 0 Å². The van der Waals surface area contributed by atoms with Gasteiger partial charge in [0.05, 0.1) is 5.52 Å². The molecule has 1 N–H and O–H groups in total. The van der Waals surface area contributed by atoms with Crippen LogP contribution in [0.5, 0.6) is 5.75 Å². The summed E-state index contributed by atoms with van der Waals surface area (Å²) in [4.78, 5) is 6.65. The van der Waals surface area contributed by atoms with Gasteiger partial charge < -0.3 is 5.11 Å². The van der Waals surface area contributed by atoms with Gasteiger partial charge in [0.2, 0.25) is 0 Å². The Hall–Kier alpha value is -1.74. The lowest BCUT2D eigenvalue weighted by molar-refractivity contribution is 0.476. The molecular formula is C16H17NOS. The van der Waals surface area contributed by atoms with Crippen LogP contribution in [0.4, 0.5) is 0 Å². The summed E-state index contributed by atoms with van der Waals surface area (Å²) in [5.41, 5.74) is 0.819. The number of allylic oxidation sites excluding steroid dienone is 3. The Morgan fingerprint density at radius 1 is 1.37 bits per heavy atom. The normalized spacial score (nSPS) is 12.4. The zero-order chi connectivity index (χ0) is 13.7. The lowest BCUT2D eigenvalue weighted by atomic mass is 10.2. The number of nitrogens with zero attached hydrogens (tertiary/aromatic N) is 1. The van der Waals surface area contributed by atoms with Crippen molar-refractivity contribution in [2.45, 2.75) is 25.2 Å². The second-order valence-corrected chi connectivity index (χ2v) is 5.23. The van der Waals surface area contributed by atoms with Crippen molar-refractivity contribution >= 4 is 22.7 Å². The molecule has 1 aromatic carbocycles. The molecule has 1 heterocycles. The molecule has 0 saturated carbocycles. The molecule has 1 aromatic heterocycles. The number of benzene rings is 1. The fourth-order valence-corrected chi connectivity index (χ4v) is 2.70. The fourth-order valence-electron chi connectivity index (χ4n) is 1.75. The first kappa shape index (κ1) is 13.7. The summed E-state index contributed by atoms with van der Waals surface area (Å²) in [6.45, 7) is 4.16. The number of hydrogen-bond donors (Lipinski definition) is 1. The number of hydrogen-bond acceptors (Lipinski definition) is 3. The van der Waals surface area contributed by atoms with Gasteiger partial charge in [0.25, 0.3) is 0 Å². The molecule has 98 valence electrons. The molecule has 0 atom stereocenters. The standard InChI is InChI=1S/C16H17NOS/c1-3-5-6-13(4-2)19-16-9-10-17-15-11-12(18)7-8-14(15)16/h4-11,18H,3H2,1-2H3/b6-5-,13-4+. The summed E-state index contributed by atoms with van der Waals surface area (Å²) in [5.74, 6) is 0.249. The van der Waals surface area contributed by atoms with E-state index in [1.807, 2.05) is 19.1 Å². The first-order valence-electron chi connectivity index (χ1n) is 6.33. The van der Waals surface area contributed by atoms with E-state index >= 15 is 0 Å². The fraction of sp³-hybridized carbons (Fsp3) is 0.188. The van der Waals surface area contributed by atoms with Gasteiger partial charge >= 0.3 is 0 Å². The van der Waals surface area contributed by atoms with Gasteiger partial charge in [-0.15, -0.1) is 0 Å². The Kier molecular flexibility index (Phi) is 4.63. The minimum Gasteiger partial charge on any atom is -0.508 e. The van der Waals surface area contributed by atoms with E-state index in [2.05, 4.69) is 30.1 Å². The second-order valence-electron chi connectivity index (χ2n) is 4.11. The van der Waals surface area contributed by atoms with Crippen molar-refractivity contribution < 1.29 is 5.11 Å². The van der Waals surface area contributed by atoms with Gasteiger partial charge in [0, 0.05) is 27.5 Å². The Morgan fingerprint density at radius 2 is 2.21 bits per heavy atom. The second kappa shape index (κ2) is 6.43. The van der Waals surface area contributed by atoms with E-state index in [1.165, 1.54) is 4.91 Å². The van der Waals surface area contributed by atoms with Crippen LogP contribution in [0.25, 0.3) is 10.9 Å². The van der Waals surface area contributed by atoms with Crippen LogP contribution < -0.4 is 0 Å². The van der Waals surface area contributed by atoms with E-state index in [1.54, 1.807) is 30.1 Å². The van der Waals surface area contributed by atoms with E-state index < -0.39 is 0 Å². The smallest absolute Gasteiger partial charge is 0.117 e. The Bertz CT molecular complexity index is 632. The predicted molar refractivity (Wildman–Crippen MR) is 82.5 cm³/mol. The molecule has 19 heavy (non-hydrogen) atoms. The largest absolute Gasteiger partial charge is 0.508 e. The third kappa shape index (κ3) is 3.38. The number of aromatic hydroxyl groups is 1. The van der Waals surface area contributed by atoms with E-state index in [9.17, 15) is 5.11 Å². The molecule has 3 heteroatoms. The van der Waals surface area contributed by atoms with E-state index in [0.29, 0.717) is 0 Å². The topological polar surface area (TPSA) is 33.1 Å². The predicted octanol–water partition coefficient (Wildman–Crippen LogP) is 4.90. The van der Waals surface area contributed by atoms with Gasteiger partial charge in [-0.3, -0.25) is 4.98 Å². The highest BCUT2D eigenvalue weighted by molar-refractivity contribution is 8.03. The van der Waals surface area contributed by atoms with Crippen LogP contribution in [0, 0.1) is 0 Å². The highest BCUT2D eigenvalue weighted by Crippen LogP contribution is 2.33. The maximum atomic E-state index is 9.50. The zero-order valence-electron chi connectivity index (χ0n) is 11.1. The molecule has 0 aliphatic rings. The molecule has 0 unspecified atom stereocenters. The lowest BCUT2D eigenvalue weighted by Crippen LogP contribution is -1.82. The van der Waals surface area contributed by atoms with Gasteiger partial charge in [0.15, 0.2) is 0 Å². The molecule has 2 rings (SSSR count). The number of rotatable bonds is 4. The maximum absolute atomic E-state index is 9.50. The Balaban J connectivity index is 2.37. The quantitative estimate of drug-likeness (QED) is 0.634. The van der Waals surface area contributed by atoms with Crippen molar-refractivity contribution in [3.8, 4) is 5.75 Å². The molecule has 0 fully saturated rings. The molecule has 2 aromatic rings. The van der Waals surface area contributed by atoms with Crippen LogP contribution in [0.2, 0.25) is 0 Å². The van der Waals surface area contributed by atoms with Crippen LogP contribution in [0.1, 0.15) is 20.3 Å². The van der Waals surface area contributed by atoms with Gasteiger partial charge in [0.1, 0.15) is 5.75 Å². The third-order valence-electron chi connectivity index (χ3n) is 2.72. The van der Waals surface area contributed by atoms with Crippen molar-refractivity contribution in [1.82, 2.24) is 4.98 Å². The highest BCUT2D eigenvalue weighted by atomic mass is 32.2. The summed E-state index contributed by atoms with van der Waals surface area (Å²) in [5, 5.41) is 10.6. The van der Waals surface area contributed by atoms with Gasteiger partial charge in [-0.2, -0.15) is 0 Å². The van der Waals surface area contributed by atoms with Crippen molar-refractivity contribution in [2.75, 3.05) is 0 Å². The van der Waals surface area contributed by atoms with Crippen molar-refractivity contribution in [3.63, 3.8) is 0 Å². The monoisotopic (exact) mass is 271 g/mol. The summed E-state index contributed by atoms with van der Waals surface area (Å²) >= 11 is 1.72. The van der Waals surface area contributed by atoms with Crippen molar-refractivity contribution in [3.05, 3.63) is 53.6 Å². The Morgan fingerprint density at radius 3 is 2.95 bits per heavy atom. The molecule has 0 radical (unpaired) electrons. The number of pyridine rings is 1. The summed E-state index contributed by atoms with van der Waals surface area (Å²) in [7, 11) is 0. The van der Waals surface area contributed by atoms with E-state index in [4.69, 9.17) is 0 Å². The molecule has 2 nitrogen and oxygen atoms in total. The third-order valence-corrected chi connectivity index (χ3v) is 3.90. The number of thioether (sulfide) groups is 1. The van der Waals surface area contributed by atoms with Gasteiger partial charge in [-0.1, -0.05) is 36.9 Å². The first-order chi connectivity index (χ1) is 9.24. The summed E-state index contributed by atoms with van der Waals surface area (Å²) < 4.78 is 0. The average molecular weight is 271 g/mol. The molecule has 0 amide bonds. The molecule has 0 aliphatic carbocycles. The van der Waals surface area contributed by atoms with Crippen LogP contribution in [0.3, 0.4) is 0 Å². The van der Waals surface area contributed by atoms with Crippen LogP contribution >= 0.6 is 11.8 Å². The maximum Gasteiger partial charge on any atom is 0.117 e. The minimum absolute atomic E-state index is 0.249. The lowest BCUT2D eigenvalue weighted by Gasteiger charge is -2.06. The average Bonchev–Trinajstić information content (AvgIpc) is 2.43. The van der Waals surface area contributed by atoms with Gasteiger partial charge in [-0.05, 0) is 31.5 Å². The first-order valence-corrected chi connectivity index (χ1v) is 7.14. The number of phenolic OH excluding ortho intramolecular Hbond substituents is 1. The number of fused-ring (bicyclic) bond motifs is 1. The minimum atomic E-state index is 0.249.